The number of anilines is 1. The van der Waals surface area contributed by atoms with Crippen LogP contribution in [0.2, 0.25) is 0 Å². The first-order valence-corrected chi connectivity index (χ1v) is 8.40. The second-order valence-electron chi connectivity index (χ2n) is 5.51. The predicted octanol–water partition coefficient (Wildman–Crippen LogP) is 3.31. The normalized spacial score (nSPS) is 18.5. The van der Waals surface area contributed by atoms with Crippen LogP contribution in [-0.2, 0) is 0 Å². The Labute approximate surface area is 133 Å². The van der Waals surface area contributed by atoms with Gasteiger partial charge in [0.2, 0.25) is 0 Å². The van der Waals surface area contributed by atoms with Crippen LogP contribution in [0.15, 0.2) is 41.9 Å². The third kappa shape index (κ3) is 2.62. The maximum absolute atomic E-state index is 4.71. The van der Waals surface area contributed by atoms with Crippen molar-refractivity contribution < 1.29 is 0 Å². The SMILES string of the molecule is c1ccc(-c2n[nH]c(C3CCCN(c4nccs4)C3)n2)cc1. The Morgan fingerprint density at radius 3 is 2.95 bits per heavy atom. The summed E-state index contributed by atoms with van der Waals surface area (Å²) in [7, 11) is 0. The Hall–Kier alpha value is -2.21. The van der Waals surface area contributed by atoms with Crippen molar-refractivity contribution in [2.45, 2.75) is 18.8 Å². The van der Waals surface area contributed by atoms with E-state index in [4.69, 9.17) is 4.98 Å². The summed E-state index contributed by atoms with van der Waals surface area (Å²) < 4.78 is 0. The summed E-state index contributed by atoms with van der Waals surface area (Å²) in [6.07, 6.45) is 4.17. The maximum Gasteiger partial charge on any atom is 0.185 e. The van der Waals surface area contributed by atoms with Gasteiger partial charge < -0.3 is 4.90 Å². The van der Waals surface area contributed by atoms with E-state index in [0.717, 1.165) is 48.3 Å². The smallest absolute Gasteiger partial charge is 0.185 e. The average molecular weight is 311 g/mol. The van der Waals surface area contributed by atoms with Crippen molar-refractivity contribution >= 4 is 16.5 Å². The topological polar surface area (TPSA) is 57.7 Å². The molecule has 3 heterocycles. The van der Waals surface area contributed by atoms with Crippen LogP contribution in [0, 0.1) is 0 Å². The lowest BCUT2D eigenvalue weighted by Gasteiger charge is -2.31. The fourth-order valence-electron chi connectivity index (χ4n) is 2.92. The lowest BCUT2D eigenvalue weighted by atomic mass is 9.98. The van der Waals surface area contributed by atoms with Crippen molar-refractivity contribution in [1.82, 2.24) is 20.2 Å². The summed E-state index contributed by atoms with van der Waals surface area (Å²) in [6.45, 7) is 2.03. The van der Waals surface area contributed by atoms with E-state index in [-0.39, 0.29) is 0 Å². The van der Waals surface area contributed by atoms with Crippen LogP contribution < -0.4 is 4.90 Å². The standard InChI is InChI=1S/C16H17N5S/c1-2-5-12(6-3-1)14-18-15(20-19-14)13-7-4-9-21(11-13)16-17-8-10-22-16/h1-3,5-6,8,10,13H,4,7,9,11H2,(H,18,19,20). The minimum absolute atomic E-state index is 0.391. The number of thiazole rings is 1. The number of hydrogen-bond acceptors (Lipinski definition) is 5. The van der Waals surface area contributed by atoms with E-state index in [0.29, 0.717) is 5.92 Å². The van der Waals surface area contributed by atoms with Crippen LogP contribution in [0.5, 0.6) is 0 Å². The zero-order valence-electron chi connectivity index (χ0n) is 12.1. The maximum atomic E-state index is 4.71. The quantitative estimate of drug-likeness (QED) is 0.806. The van der Waals surface area contributed by atoms with E-state index in [1.165, 1.54) is 0 Å². The van der Waals surface area contributed by atoms with Gasteiger partial charge in [-0.2, -0.15) is 5.10 Å². The van der Waals surface area contributed by atoms with Crippen LogP contribution in [0.1, 0.15) is 24.6 Å². The highest BCUT2D eigenvalue weighted by Gasteiger charge is 2.25. The van der Waals surface area contributed by atoms with Gasteiger partial charge in [0.1, 0.15) is 5.82 Å². The fraction of sp³-hybridized carbons (Fsp3) is 0.312. The minimum atomic E-state index is 0.391. The highest BCUT2D eigenvalue weighted by Crippen LogP contribution is 2.29. The summed E-state index contributed by atoms with van der Waals surface area (Å²) in [5.74, 6) is 2.16. The summed E-state index contributed by atoms with van der Waals surface area (Å²) >= 11 is 1.70. The van der Waals surface area contributed by atoms with E-state index in [2.05, 4.69) is 20.1 Å². The van der Waals surface area contributed by atoms with E-state index in [9.17, 15) is 0 Å². The van der Waals surface area contributed by atoms with Crippen molar-refractivity contribution in [1.29, 1.82) is 0 Å². The van der Waals surface area contributed by atoms with Gasteiger partial charge in [-0.15, -0.1) is 11.3 Å². The van der Waals surface area contributed by atoms with E-state index in [1.54, 1.807) is 11.3 Å². The molecule has 1 saturated heterocycles. The van der Waals surface area contributed by atoms with Crippen LogP contribution in [0.4, 0.5) is 5.13 Å². The van der Waals surface area contributed by atoms with E-state index < -0.39 is 0 Å². The summed E-state index contributed by atoms with van der Waals surface area (Å²) in [6, 6.07) is 10.1. The molecule has 1 fully saturated rings. The molecule has 0 bridgehead atoms. The second-order valence-corrected chi connectivity index (χ2v) is 6.38. The van der Waals surface area contributed by atoms with Gasteiger partial charge >= 0.3 is 0 Å². The molecule has 4 rings (SSSR count). The molecule has 1 aliphatic rings. The van der Waals surface area contributed by atoms with Gasteiger partial charge in [-0.05, 0) is 12.8 Å². The molecular formula is C16H17N5S. The molecule has 2 aromatic heterocycles. The van der Waals surface area contributed by atoms with Gasteiger partial charge in [-0.1, -0.05) is 30.3 Å². The van der Waals surface area contributed by atoms with Crippen molar-refractivity contribution in [2.24, 2.45) is 0 Å². The van der Waals surface area contributed by atoms with Crippen LogP contribution >= 0.6 is 11.3 Å². The van der Waals surface area contributed by atoms with Crippen LogP contribution in [0.25, 0.3) is 11.4 Å². The Bertz CT molecular complexity index is 722. The van der Waals surface area contributed by atoms with Crippen molar-refractivity contribution in [2.75, 3.05) is 18.0 Å². The number of H-pyrrole nitrogens is 1. The van der Waals surface area contributed by atoms with Crippen molar-refractivity contribution in [3.63, 3.8) is 0 Å². The molecule has 22 heavy (non-hydrogen) atoms. The number of nitrogens with zero attached hydrogens (tertiary/aromatic N) is 4. The molecule has 0 spiro atoms. The van der Waals surface area contributed by atoms with Crippen LogP contribution in [-0.4, -0.2) is 33.3 Å². The van der Waals surface area contributed by atoms with Crippen molar-refractivity contribution in [3.8, 4) is 11.4 Å². The lowest BCUT2D eigenvalue weighted by molar-refractivity contribution is 0.492. The minimum Gasteiger partial charge on any atom is -0.347 e. The predicted molar refractivity (Wildman–Crippen MR) is 88.1 cm³/mol. The van der Waals surface area contributed by atoms with Gasteiger partial charge in [0.15, 0.2) is 11.0 Å². The van der Waals surface area contributed by atoms with Crippen molar-refractivity contribution in [3.05, 3.63) is 47.7 Å². The summed E-state index contributed by atoms with van der Waals surface area (Å²) in [4.78, 5) is 11.5. The van der Waals surface area contributed by atoms with E-state index >= 15 is 0 Å². The highest BCUT2D eigenvalue weighted by atomic mass is 32.1. The Kier molecular flexibility index (Phi) is 3.60. The lowest BCUT2D eigenvalue weighted by Crippen LogP contribution is -2.34. The molecule has 1 unspecified atom stereocenters. The summed E-state index contributed by atoms with van der Waals surface area (Å²) in [5.41, 5.74) is 1.05. The first kappa shape index (κ1) is 13.5. The average Bonchev–Trinajstić information content (AvgIpc) is 3.28. The number of hydrogen-bond donors (Lipinski definition) is 1. The third-order valence-corrected chi connectivity index (χ3v) is 4.86. The first-order valence-electron chi connectivity index (χ1n) is 7.52. The first-order chi connectivity index (χ1) is 10.9. The Balaban J connectivity index is 1.53. The number of aromatic nitrogens is 4. The zero-order valence-corrected chi connectivity index (χ0v) is 13.0. The van der Waals surface area contributed by atoms with Gasteiger partial charge in [0.05, 0.1) is 0 Å². The second kappa shape index (κ2) is 5.88. The molecule has 1 aliphatic heterocycles. The van der Waals surface area contributed by atoms with Gasteiger partial charge in [-0.3, -0.25) is 5.10 Å². The monoisotopic (exact) mass is 311 g/mol. The molecule has 1 aromatic carbocycles. The molecule has 1 N–H and O–H groups in total. The number of aromatic amines is 1. The van der Waals surface area contributed by atoms with Gasteiger partial charge in [-0.25, -0.2) is 9.97 Å². The third-order valence-electron chi connectivity index (χ3n) is 4.03. The molecule has 0 amide bonds. The molecule has 1 atom stereocenters. The molecule has 3 aromatic rings. The zero-order chi connectivity index (χ0) is 14.8. The fourth-order valence-corrected chi connectivity index (χ4v) is 3.60. The molecule has 0 saturated carbocycles. The molecule has 112 valence electrons. The van der Waals surface area contributed by atoms with Gasteiger partial charge in [0, 0.05) is 36.1 Å². The molecule has 0 radical (unpaired) electrons. The molecule has 6 heteroatoms. The number of benzene rings is 1. The van der Waals surface area contributed by atoms with E-state index in [1.807, 2.05) is 41.9 Å². The largest absolute Gasteiger partial charge is 0.347 e. The highest BCUT2D eigenvalue weighted by molar-refractivity contribution is 7.13. The number of nitrogens with one attached hydrogen (secondary N) is 1. The Morgan fingerprint density at radius 2 is 2.14 bits per heavy atom. The Morgan fingerprint density at radius 1 is 1.23 bits per heavy atom. The summed E-state index contributed by atoms with van der Waals surface area (Å²) in [5, 5.41) is 10.6. The molecule has 0 aliphatic carbocycles. The number of piperidine rings is 1. The number of rotatable bonds is 3. The molecular weight excluding hydrogens is 294 g/mol. The molecule has 5 nitrogen and oxygen atoms in total. The van der Waals surface area contributed by atoms with Crippen LogP contribution in [0.3, 0.4) is 0 Å². The van der Waals surface area contributed by atoms with Gasteiger partial charge in [0.25, 0.3) is 0 Å².